The Hall–Kier alpha value is -0.000519. The Morgan fingerprint density at radius 2 is 0.960 bits per heavy atom. The molecular formula is C24H44Se. The van der Waals surface area contributed by atoms with Gasteiger partial charge in [0.15, 0.2) is 0 Å². The number of unbranched alkanes of at least 4 members (excludes halogenated alkanes) is 17. The third kappa shape index (κ3) is 15.9. The van der Waals surface area contributed by atoms with Crippen LogP contribution >= 0.6 is 0 Å². The van der Waals surface area contributed by atoms with Crippen molar-refractivity contribution in [3.63, 3.8) is 0 Å². The molecule has 0 radical (unpaired) electrons. The molecule has 0 saturated carbocycles. The van der Waals surface area contributed by atoms with E-state index in [1.807, 2.05) is 0 Å². The van der Waals surface area contributed by atoms with E-state index in [1.165, 1.54) is 122 Å². The summed E-state index contributed by atoms with van der Waals surface area (Å²) in [6.45, 7) is 2.30. The molecule has 1 aromatic heterocycles. The first-order chi connectivity index (χ1) is 12.4. The average molecular weight is 412 g/mol. The Labute approximate surface area is 164 Å². The zero-order valence-electron chi connectivity index (χ0n) is 17.1. The molecule has 1 heteroatoms. The second-order valence-electron chi connectivity index (χ2n) is 7.89. The second kappa shape index (κ2) is 18.8. The Kier molecular flexibility index (Phi) is 17.3. The van der Waals surface area contributed by atoms with E-state index in [1.54, 1.807) is 5.56 Å². The molecule has 0 aliphatic rings. The maximum absolute atomic E-state index is 2.45. The van der Waals surface area contributed by atoms with Crippen molar-refractivity contribution in [1.82, 2.24) is 0 Å². The minimum atomic E-state index is 0.684. The molecule has 0 nitrogen and oxygen atoms in total. The Morgan fingerprint density at radius 1 is 0.560 bits per heavy atom. The fourth-order valence-electron chi connectivity index (χ4n) is 3.67. The van der Waals surface area contributed by atoms with E-state index in [9.17, 15) is 0 Å². The summed E-state index contributed by atoms with van der Waals surface area (Å²) < 4.78 is 0. The summed E-state index contributed by atoms with van der Waals surface area (Å²) in [7, 11) is 0. The molecular weight excluding hydrogens is 367 g/mol. The fraction of sp³-hybridized carbons (Fsp3) is 0.833. The van der Waals surface area contributed by atoms with Gasteiger partial charge in [-0.05, 0) is 0 Å². The van der Waals surface area contributed by atoms with Crippen LogP contribution in [0.4, 0.5) is 0 Å². The monoisotopic (exact) mass is 412 g/mol. The van der Waals surface area contributed by atoms with Crippen LogP contribution in [0, 0.1) is 0 Å². The molecule has 0 amide bonds. The van der Waals surface area contributed by atoms with E-state index in [2.05, 4.69) is 22.9 Å². The van der Waals surface area contributed by atoms with E-state index in [4.69, 9.17) is 0 Å². The van der Waals surface area contributed by atoms with Gasteiger partial charge >= 0.3 is 100 Å². The molecule has 0 unspecified atom stereocenters. The molecule has 0 fully saturated rings. The molecule has 1 rings (SSSR count). The van der Waals surface area contributed by atoms with Gasteiger partial charge in [-0.25, -0.2) is 0 Å². The topological polar surface area (TPSA) is 0 Å². The van der Waals surface area contributed by atoms with Gasteiger partial charge in [-0.2, -0.15) is 0 Å². The van der Waals surface area contributed by atoms with Crippen molar-refractivity contribution in [3.8, 4) is 0 Å². The van der Waals surface area contributed by atoms with Gasteiger partial charge in [-0.1, -0.05) is 64.7 Å². The first-order valence-corrected chi connectivity index (χ1v) is 13.4. The molecule has 25 heavy (non-hydrogen) atoms. The molecule has 0 saturated heterocycles. The molecule has 0 aromatic carbocycles. The second-order valence-corrected chi connectivity index (χ2v) is 9.53. The first kappa shape index (κ1) is 23.0. The minimum absolute atomic E-state index is 0.684. The fourth-order valence-corrected chi connectivity index (χ4v) is 5.14. The van der Waals surface area contributed by atoms with Crippen LogP contribution in [0.1, 0.15) is 128 Å². The van der Waals surface area contributed by atoms with Gasteiger partial charge in [0.05, 0.1) is 0 Å². The van der Waals surface area contributed by atoms with Crippen LogP contribution in [-0.2, 0) is 6.42 Å². The summed E-state index contributed by atoms with van der Waals surface area (Å²) in [5, 5.41) is 0. The van der Waals surface area contributed by atoms with Gasteiger partial charge in [0.25, 0.3) is 0 Å². The van der Waals surface area contributed by atoms with E-state index in [0.29, 0.717) is 14.5 Å². The average Bonchev–Trinajstić information content (AvgIpc) is 3.14. The Morgan fingerprint density at radius 3 is 1.32 bits per heavy atom. The number of rotatable bonds is 19. The van der Waals surface area contributed by atoms with Crippen molar-refractivity contribution in [2.45, 2.75) is 129 Å². The summed E-state index contributed by atoms with van der Waals surface area (Å²) in [6, 6.07) is 2.34. The van der Waals surface area contributed by atoms with Crippen molar-refractivity contribution < 1.29 is 0 Å². The van der Waals surface area contributed by atoms with Gasteiger partial charge in [0, 0.05) is 0 Å². The van der Waals surface area contributed by atoms with Gasteiger partial charge in [0.1, 0.15) is 0 Å². The van der Waals surface area contributed by atoms with E-state index in [0.717, 1.165) is 0 Å². The Balaban J connectivity index is 1.65. The summed E-state index contributed by atoms with van der Waals surface area (Å²) in [5.74, 6) is 0. The quantitative estimate of drug-likeness (QED) is 0.158. The number of hydrogen-bond acceptors (Lipinski definition) is 0. The normalized spacial score (nSPS) is 11.2. The van der Waals surface area contributed by atoms with Gasteiger partial charge in [-0.3, -0.25) is 0 Å². The first-order valence-electron chi connectivity index (χ1n) is 11.4. The van der Waals surface area contributed by atoms with Crippen LogP contribution in [0.15, 0.2) is 15.9 Å². The zero-order chi connectivity index (χ0) is 17.8. The molecule has 0 spiro atoms. The molecule has 146 valence electrons. The van der Waals surface area contributed by atoms with Crippen LogP contribution < -0.4 is 0 Å². The van der Waals surface area contributed by atoms with Crippen molar-refractivity contribution in [1.29, 1.82) is 0 Å². The van der Waals surface area contributed by atoms with E-state index >= 15 is 0 Å². The third-order valence-electron chi connectivity index (χ3n) is 5.40. The van der Waals surface area contributed by atoms with Gasteiger partial charge in [-0.15, -0.1) is 0 Å². The van der Waals surface area contributed by atoms with Crippen LogP contribution in [-0.4, -0.2) is 14.5 Å². The molecule has 0 atom stereocenters. The summed E-state index contributed by atoms with van der Waals surface area (Å²) in [6.07, 6.45) is 27.7. The van der Waals surface area contributed by atoms with E-state index < -0.39 is 0 Å². The maximum atomic E-state index is 2.45. The van der Waals surface area contributed by atoms with Crippen molar-refractivity contribution in [2.24, 2.45) is 0 Å². The number of hydrogen-bond donors (Lipinski definition) is 0. The summed E-state index contributed by atoms with van der Waals surface area (Å²) >= 11 is 0.684. The predicted octanol–water partition coefficient (Wildman–Crippen LogP) is 8.33. The number of aryl methyl sites for hydroxylation is 1. The van der Waals surface area contributed by atoms with Gasteiger partial charge in [0.2, 0.25) is 0 Å². The molecule has 0 aliphatic carbocycles. The van der Waals surface area contributed by atoms with E-state index in [-0.39, 0.29) is 0 Å². The molecule has 1 heterocycles. The van der Waals surface area contributed by atoms with Crippen molar-refractivity contribution in [3.05, 3.63) is 21.5 Å². The van der Waals surface area contributed by atoms with Crippen molar-refractivity contribution in [2.75, 3.05) is 0 Å². The molecule has 0 N–H and O–H groups in total. The summed E-state index contributed by atoms with van der Waals surface area (Å²) in [4.78, 5) is 4.79. The zero-order valence-corrected chi connectivity index (χ0v) is 18.8. The predicted molar refractivity (Wildman–Crippen MR) is 116 cm³/mol. The molecule has 0 aliphatic heterocycles. The van der Waals surface area contributed by atoms with Crippen LogP contribution in [0.5, 0.6) is 0 Å². The van der Waals surface area contributed by atoms with Crippen molar-refractivity contribution >= 4 is 14.5 Å². The standard InChI is InChI=1S/C24H44Se/c1-2-3-4-5-6-7-8-9-10-11-12-13-14-15-16-17-18-19-20-24-21-22-25-23-24/h21-23H,2-20H2,1H3. The third-order valence-corrected chi connectivity index (χ3v) is 6.94. The molecule has 0 bridgehead atoms. The van der Waals surface area contributed by atoms with Crippen LogP contribution in [0.3, 0.4) is 0 Å². The van der Waals surface area contributed by atoms with Gasteiger partial charge < -0.3 is 0 Å². The Bertz CT molecular complexity index is 341. The van der Waals surface area contributed by atoms with Crippen LogP contribution in [0.2, 0.25) is 0 Å². The SMILES string of the molecule is CCCCCCCCCCCCCCCCCCCCc1cc[se]c1. The molecule has 1 aromatic rings. The summed E-state index contributed by atoms with van der Waals surface area (Å²) in [5.41, 5.74) is 1.61. The van der Waals surface area contributed by atoms with Crippen LogP contribution in [0.25, 0.3) is 0 Å².